The number of imidazole rings is 1. The number of aliphatic hydroxyl groups excluding tert-OH is 1. The molecule has 2 aromatic heterocycles. The number of nitrogens with zero attached hydrogens (tertiary/aromatic N) is 2. The van der Waals surface area contributed by atoms with E-state index >= 15 is 0 Å². The quantitative estimate of drug-likeness (QED) is 0.234. The molecule has 2 aromatic carbocycles. The lowest BCUT2D eigenvalue weighted by Crippen LogP contribution is -2.30. The first-order valence-corrected chi connectivity index (χ1v) is 10.9. The van der Waals surface area contributed by atoms with Crippen molar-refractivity contribution in [2.24, 2.45) is 0 Å². The van der Waals surface area contributed by atoms with Gasteiger partial charge in [0.25, 0.3) is 5.78 Å². The van der Waals surface area contributed by atoms with Gasteiger partial charge in [-0.2, -0.15) is 0 Å². The Balaban J connectivity index is 1.73. The predicted octanol–water partition coefficient (Wildman–Crippen LogP) is 4.76. The highest BCUT2D eigenvalue weighted by Crippen LogP contribution is 2.44. The Morgan fingerprint density at radius 1 is 1.14 bits per heavy atom. The number of H-pyrrole nitrogens is 1. The number of amides is 1. The number of halogens is 1. The van der Waals surface area contributed by atoms with Gasteiger partial charge >= 0.3 is 5.91 Å². The molecular formula is C25H20ClN3O6. The Labute approximate surface area is 204 Å². The van der Waals surface area contributed by atoms with Crippen molar-refractivity contribution in [1.29, 1.82) is 0 Å². The normalized spacial score (nSPS) is 17.4. The van der Waals surface area contributed by atoms with Crippen LogP contribution in [0.3, 0.4) is 0 Å². The Bertz CT molecular complexity index is 1510. The van der Waals surface area contributed by atoms with Gasteiger partial charge in [-0.25, -0.2) is 4.98 Å². The molecule has 4 aromatic rings. The van der Waals surface area contributed by atoms with Crippen LogP contribution in [0.15, 0.2) is 58.7 Å². The van der Waals surface area contributed by atoms with Crippen LogP contribution in [0, 0.1) is 6.92 Å². The number of ketones is 1. The van der Waals surface area contributed by atoms with Crippen LogP contribution in [0.25, 0.3) is 16.8 Å². The number of carbonyl (C=O) groups is 2. The number of rotatable bonds is 5. The number of aliphatic hydroxyl groups is 1. The monoisotopic (exact) mass is 493 g/mol. The summed E-state index contributed by atoms with van der Waals surface area (Å²) >= 11 is 6.28. The molecule has 178 valence electrons. The second-order valence-electron chi connectivity index (χ2n) is 7.95. The van der Waals surface area contributed by atoms with Crippen molar-refractivity contribution in [2.45, 2.75) is 13.0 Å². The van der Waals surface area contributed by atoms with Crippen LogP contribution in [0.5, 0.6) is 11.5 Å². The minimum absolute atomic E-state index is 0.119. The van der Waals surface area contributed by atoms with E-state index in [9.17, 15) is 14.7 Å². The second-order valence-corrected chi connectivity index (χ2v) is 8.36. The van der Waals surface area contributed by atoms with E-state index in [0.717, 1.165) is 5.56 Å². The zero-order chi connectivity index (χ0) is 24.9. The molecule has 0 bridgehead atoms. The smallest absolute Gasteiger partial charge is 0.302 e. The van der Waals surface area contributed by atoms with Crippen LogP contribution in [-0.2, 0) is 9.59 Å². The minimum atomic E-state index is -1.09. The molecule has 0 aliphatic carbocycles. The van der Waals surface area contributed by atoms with Crippen LogP contribution < -0.4 is 14.4 Å². The van der Waals surface area contributed by atoms with Gasteiger partial charge in [-0.1, -0.05) is 17.7 Å². The van der Waals surface area contributed by atoms with E-state index in [1.54, 1.807) is 12.1 Å². The molecule has 9 nitrogen and oxygen atoms in total. The van der Waals surface area contributed by atoms with Crippen LogP contribution in [-0.4, -0.2) is 41.0 Å². The number of aromatic amines is 1. The third-order valence-corrected chi connectivity index (χ3v) is 6.13. The summed E-state index contributed by atoms with van der Waals surface area (Å²) in [5.41, 5.74) is 2.24. The van der Waals surface area contributed by atoms with Gasteiger partial charge in [0.15, 0.2) is 0 Å². The molecule has 1 aliphatic heterocycles. The average Bonchev–Trinajstić information content (AvgIpc) is 3.57. The summed E-state index contributed by atoms with van der Waals surface area (Å²) in [6, 6.07) is 10.6. The number of hydrogen-bond acceptors (Lipinski definition) is 7. The average molecular weight is 494 g/mol. The van der Waals surface area contributed by atoms with Crippen molar-refractivity contribution >= 4 is 46.0 Å². The number of ether oxygens (including phenoxy) is 2. The molecule has 35 heavy (non-hydrogen) atoms. The number of carbonyl (C=O) groups excluding carboxylic acids is 2. The van der Waals surface area contributed by atoms with Crippen LogP contribution in [0.1, 0.15) is 22.9 Å². The van der Waals surface area contributed by atoms with Crippen LogP contribution in [0.4, 0.5) is 5.95 Å². The van der Waals surface area contributed by atoms with Gasteiger partial charge in [-0.15, -0.1) is 0 Å². The van der Waals surface area contributed by atoms with Crippen molar-refractivity contribution in [3.63, 3.8) is 0 Å². The number of methoxy groups -OCH3 is 2. The lowest BCUT2D eigenvalue weighted by Gasteiger charge is -2.21. The van der Waals surface area contributed by atoms with Gasteiger partial charge in [-0.3, -0.25) is 14.5 Å². The number of aromatic nitrogens is 2. The van der Waals surface area contributed by atoms with E-state index < -0.39 is 23.5 Å². The lowest BCUT2D eigenvalue weighted by molar-refractivity contribution is -0.132. The number of fused-ring (bicyclic) bond motifs is 1. The third-order valence-electron chi connectivity index (χ3n) is 5.84. The maximum Gasteiger partial charge on any atom is 0.302 e. The summed E-state index contributed by atoms with van der Waals surface area (Å²) in [6.45, 7) is 1.93. The van der Waals surface area contributed by atoms with Crippen molar-refractivity contribution < 1.29 is 28.6 Å². The standard InChI is InChI=1S/C25H20ClN3O6/c1-12-6-7-15-16(9-12)28-25(27-15)29-21(17-5-4-8-35-17)20(23(31)24(29)32)22(30)13-10-14(26)19(34-3)11-18(13)33-2/h4-11,21,30H,1-3H3,(H,27,28)/b22-20+. The Kier molecular flexibility index (Phi) is 5.49. The molecular weight excluding hydrogens is 474 g/mol. The Morgan fingerprint density at radius 2 is 1.91 bits per heavy atom. The van der Waals surface area contributed by atoms with Crippen LogP contribution in [0.2, 0.25) is 5.02 Å². The fourth-order valence-electron chi connectivity index (χ4n) is 4.18. The number of anilines is 1. The number of Topliss-reactive ketones (excluding diaryl/α,β-unsaturated/α-hetero) is 1. The van der Waals surface area contributed by atoms with E-state index in [0.29, 0.717) is 16.8 Å². The first-order chi connectivity index (χ1) is 16.8. The lowest BCUT2D eigenvalue weighted by atomic mass is 9.98. The van der Waals surface area contributed by atoms with Gasteiger partial charge < -0.3 is 24.0 Å². The molecule has 1 fully saturated rings. The molecule has 1 amide bonds. The zero-order valence-corrected chi connectivity index (χ0v) is 19.7. The molecule has 1 atom stereocenters. The number of benzene rings is 2. The highest BCUT2D eigenvalue weighted by molar-refractivity contribution is 6.51. The molecule has 0 radical (unpaired) electrons. The Morgan fingerprint density at radius 3 is 2.60 bits per heavy atom. The van der Waals surface area contributed by atoms with E-state index in [1.165, 1.54) is 37.5 Å². The summed E-state index contributed by atoms with van der Waals surface area (Å²) in [5.74, 6) is -1.32. The van der Waals surface area contributed by atoms with Gasteiger partial charge in [0.2, 0.25) is 5.95 Å². The SMILES string of the molecule is COc1cc(OC)c(/C(O)=C2\C(=O)C(=O)N(c3nc4ccc(C)cc4[nH]3)C2c2ccco2)cc1Cl. The molecule has 2 N–H and O–H groups in total. The van der Waals surface area contributed by atoms with E-state index in [2.05, 4.69) is 9.97 Å². The molecule has 0 spiro atoms. The van der Waals surface area contributed by atoms with Crippen molar-refractivity contribution in [3.05, 3.63) is 76.2 Å². The van der Waals surface area contributed by atoms with Gasteiger partial charge in [0.1, 0.15) is 29.1 Å². The highest BCUT2D eigenvalue weighted by Gasteiger charge is 2.49. The summed E-state index contributed by atoms with van der Waals surface area (Å²) in [6.07, 6.45) is 1.42. The van der Waals surface area contributed by atoms with Gasteiger partial charge in [0, 0.05) is 6.07 Å². The first kappa shape index (κ1) is 22.5. The molecule has 1 aliphatic rings. The van der Waals surface area contributed by atoms with Gasteiger partial charge in [0.05, 0.1) is 47.7 Å². The molecule has 5 rings (SSSR count). The first-order valence-electron chi connectivity index (χ1n) is 10.6. The van der Waals surface area contributed by atoms with E-state index in [1.807, 2.05) is 25.1 Å². The molecule has 0 saturated carbocycles. The Hall–Kier alpha value is -4.24. The summed E-state index contributed by atoms with van der Waals surface area (Å²) < 4.78 is 16.2. The summed E-state index contributed by atoms with van der Waals surface area (Å²) in [4.78, 5) is 35.4. The fraction of sp³-hybridized carbons (Fsp3) is 0.160. The highest BCUT2D eigenvalue weighted by atomic mass is 35.5. The maximum absolute atomic E-state index is 13.3. The minimum Gasteiger partial charge on any atom is -0.507 e. The van der Waals surface area contributed by atoms with E-state index in [-0.39, 0.29) is 33.6 Å². The van der Waals surface area contributed by atoms with Crippen molar-refractivity contribution in [2.75, 3.05) is 19.1 Å². The van der Waals surface area contributed by atoms with E-state index in [4.69, 9.17) is 25.5 Å². The molecule has 10 heteroatoms. The topological polar surface area (TPSA) is 118 Å². The second kappa shape index (κ2) is 8.52. The molecule has 1 unspecified atom stereocenters. The number of nitrogens with one attached hydrogen (secondary N) is 1. The number of aryl methyl sites for hydroxylation is 1. The zero-order valence-electron chi connectivity index (χ0n) is 19.0. The van der Waals surface area contributed by atoms with Crippen molar-refractivity contribution in [3.8, 4) is 11.5 Å². The largest absolute Gasteiger partial charge is 0.507 e. The molecule has 3 heterocycles. The summed E-state index contributed by atoms with van der Waals surface area (Å²) in [5, 5.41) is 11.5. The van der Waals surface area contributed by atoms with Gasteiger partial charge in [-0.05, 0) is 42.8 Å². The number of furan rings is 1. The summed E-state index contributed by atoms with van der Waals surface area (Å²) in [7, 11) is 2.84. The predicted molar refractivity (Wildman–Crippen MR) is 129 cm³/mol. The van der Waals surface area contributed by atoms with Crippen LogP contribution >= 0.6 is 11.6 Å². The maximum atomic E-state index is 13.3. The van der Waals surface area contributed by atoms with Crippen molar-refractivity contribution in [1.82, 2.24) is 9.97 Å². The number of hydrogen-bond donors (Lipinski definition) is 2. The fourth-order valence-corrected chi connectivity index (χ4v) is 4.42. The third kappa shape index (κ3) is 3.60. The molecule has 1 saturated heterocycles.